The van der Waals surface area contributed by atoms with Crippen LogP contribution in [0.25, 0.3) is 11.5 Å². The molecule has 3 rings (SSSR count). The number of thioether (sulfide) groups is 1. The fraction of sp³-hybridized carbons (Fsp3) is 0.211. The highest BCUT2D eigenvalue weighted by Crippen LogP contribution is 2.30. The Hall–Kier alpha value is -2.60. The van der Waals surface area contributed by atoms with E-state index in [0.717, 1.165) is 22.3 Å². The van der Waals surface area contributed by atoms with Crippen molar-refractivity contribution in [2.24, 2.45) is 0 Å². The monoisotopic (exact) mass is 354 g/mol. The molecular weight excluding hydrogens is 336 g/mol. The first-order valence-corrected chi connectivity index (χ1v) is 8.77. The molecule has 25 heavy (non-hydrogen) atoms. The number of hydrogen-bond acceptors (Lipinski definition) is 6. The van der Waals surface area contributed by atoms with Gasteiger partial charge in [-0.05, 0) is 37.6 Å². The molecule has 0 N–H and O–H groups in total. The van der Waals surface area contributed by atoms with Gasteiger partial charge in [-0.2, -0.15) is 0 Å². The van der Waals surface area contributed by atoms with Gasteiger partial charge in [0.15, 0.2) is 5.78 Å². The maximum atomic E-state index is 12.4. The minimum Gasteiger partial charge on any atom is -0.496 e. The van der Waals surface area contributed by atoms with Crippen molar-refractivity contribution in [1.82, 2.24) is 10.2 Å². The zero-order valence-electron chi connectivity index (χ0n) is 14.3. The molecule has 0 aliphatic carbocycles. The Bertz CT molecular complexity index is 905. The second kappa shape index (κ2) is 7.53. The lowest BCUT2D eigenvalue weighted by Gasteiger charge is -2.05. The van der Waals surface area contributed by atoms with Gasteiger partial charge in [0, 0.05) is 5.56 Å². The molecule has 128 valence electrons. The average Bonchev–Trinajstić information content (AvgIpc) is 3.10. The van der Waals surface area contributed by atoms with Gasteiger partial charge in [-0.15, -0.1) is 10.2 Å². The quantitative estimate of drug-likeness (QED) is 0.485. The summed E-state index contributed by atoms with van der Waals surface area (Å²) in [6.07, 6.45) is 0. The molecule has 0 amide bonds. The number of Topliss-reactive ketones (excluding diaryl/α,β-unsaturated/α-hetero) is 1. The van der Waals surface area contributed by atoms with Gasteiger partial charge in [-0.1, -0.05) is 41.6 Å². The summed E-state index contributed by atoms with van der Waals surface area (Å²) < 4.78 is 11.0. The molecule has 0 fully saturated rings. The number of nitrogens with zero attached hydrogens (tertiary/aromatic N) is 2. The highest BCUT2D eigenvalue weighted by atomic mass is 32.2. The summed E-state index contributed by atoms with van der Waals surface area (Å²) in [7, 11) is 1.59. The topological polar surface area (TPSA) is 65.2 Å². The fourth-order valence-electron chi connectivity index (χ4n) is 2.44. The number of carbonyl (C=O) groups excluding carboxylic acids is 1. The molecule has 0 radical (unpaired) electrons. The molecule has 1 heterocycles. The van der Waals surface area contributed by atoms with Crippen molar-refractivity contribution < 1.29 is 13.9 Å². The van der Waals surface area contributed by atoms with Gasteiger partial charge in [0.25, 0.3) is 11.1 Å². The van der Waals surface area contributed by atoms with E-state index in [2.05, 4.69) is 10.2 Å². The molecule has 5 nitrogen and oxygen atoms in total. The summed E-state index contributed by atoms with van der Waals surface area (Å²) in [5, 5.41) is 8.42. The van der Waals surface area contributed by atoms with Crippen molar-refractivity contribution in [3.63, 3.8) is 0 Å². The number of rotatable bonds is 6. The molecule has 0 aliphatic rings. The Kier molecular flexibility index (Phi) is 5.19. The highest BCUT2D eigenvalue weighted by Gasteiger charge is 2.15. The summed E-state index contributed by atoms with van der Waals surface area (Å²) in [6.45, 7) is 3.91. The minimum absolute atomic E-state index is 0.0447. The molecule has 2 aromatic carbocycles. The predicted molar refractivity (Wildman–Crippen MR) is 97.3 cm³/mol. The maximum Gasteiger partial charge on any atom is 0.277 e. The van der Waals surface area contributed by atoms with Gasteiger partial charge in [-0.25, -0.2) is 0 Å². The molecule has 3 aromatic rings. The number of ketones is 1. The fourth-order valence-corrected chi connectivity index (χ4v) is 3.09. The van der Waals surface area contributed by atoms with Crippen LogP contribution in [0, 0.1) is 13.8 Å². The van der Waals surface area contributed by atoms with Crippen LogP contribution in [0.15, 0.2) is 52.1 Å². The summed E-state index contributed by atoms with van der Waals surface area (Å²) in [5.41, 5.74) is 3.49. The Morgan fingerprint density at radius 1 is 1.16 bits per heavy atom. The second-order valence-corrected chi connectivity index (χ2v) is 6.53. The first-order valence-electron chi connectivity index (χ1n) is 7.78. The second-order valence-electron chi connectivity index (χ2n) is 5.60. The van der Waals surface area contributed by atoms with Crippen LogP contribution in [0.5, 0.6) is 5.75 Å². The SMILES string of the molecule is COc1ccccc1-c1nnc(SCC(=O)c2cc(C)ccc2C)o1. The first kappa shape index (κ1) is 17.2. The highest BCUT2D eigenvalue weighted by molar-refractivity contribution is 7.99. The van der Waals surface area contributed by atoms with Crippen LogP contribution in [-0.2, 0) is 0 Å². The van der Waals surface area contributed by atoms with Crippen molar-refractivity contribution in [2.75, 3.05) is 12.9 Å². The van der Waals surface area contributed by atoms with Crippen LogP contribution in [0.4, 0.5) is 0 Å². The number of aromatic nitrogens is 2. The van der Waals surface area contributed by atoms with Crippen molar-refractivity contribution >= 4 is 17.5 Å². The van der Waals surface area contributed by atoms with E-state index in [-0.39, 0.29) is 11.5 Å². The van der Waals surface area contributed by atoms with E-state index in [4.69, 9.17) is 9.15 Å². The third kappa shape index (κ3) is 3.91. The van der Waals surface area contributed by atoms with Crippen molar-refractivity contribution in [3.05, 3.63) is 59.2 Å². The van der Waals surface area contributed by atoms with Gasteiger partial charge in [0.1, 0.15) is 5.75 Å². The van der Waals surface area contributed by atoms with E-state index >= 15 is 0 Å². The van der Waals surface area contributed by atoms with Gasteiger partial charge in [0.2, 0.25) is 0 Å². The molecule has 0 aliphatic heterocycles. The first-order chi connectivity index (χ1) is 12.1. The molecule has 0 spiro atoms. The smallest absolute Gasteiger partial charge is 0.277 e. The third-order valence-electron chi connectivity index (χ3n) is 3.76. The van der Waals surface area contributed by atoms with Crippen molar-refractivity contribution in [2.45, 2.75) is 19.1 Å². The summed E-state index contributed by atoms with van der Waals surface area (Å²) in [4.78, 5) is 12.4. The number of para-hydroxylation sites is 1. The van der Waals surface area contributed by atoms with Gasteiger partial charge >= 0.3 is 0 Å². The van der Waals surface area contributed by atoms with E-state index in [1.807, 2.05) is 56.3 Å². The van der Waals surface area contributed by atoms with Gasteiger partial charge < -0.3 is 9.15 Å². The molecule has 6 heteroatoms. The van der Waals surface area contributed by atoms with Crippen LogP contribution >= 0.6 is 11.8 Å². The Morgan fingerprint density at radius 2 is 1.96 bits per heavy atom. The summed E-state index contributed by atoms with van der Waals surface area (Å²) in [5.74, 6) is 1.33. The molecule has 0 bridgehead atoms. The number of methoxy groups -OCH3 is 1. The Morgan fingerprint density at radius 3 is 2.76 bits per heavy atom. The van der Waals surface area contributed by atoms with Crippen LogP contribution in [-0.4, -0.2) is 28.8 Å². The Balaban J connectivity index is 1.72. The van der Waals surface area contributed by atoms with E-state index in [1.165, 1.54) is 11.8 Å². The van der Waals surface area contributed by atoms with E-state index < -0.39 is 0 Å². The third-order valence-corrected chi connectivity index (χ3v) is 4.58. The lowest BCUT2D eigenvalue weighted by Crippen LogP contribution is -2.05. The van der Waals surface area contributed by atoms with Crippen LogP contribution in [0.1, 0.15) is 21.5 Å². The van der Waals surface area contributed by atoms with Crippen molar-refractivity contribution in [1.29, 1.82) is 0 Å². The molecule has 0 saturated heterocycles. The van der Waals surface area contributed by atoms with Crippen LogP contribution < -0.4 is 4.74 Å². The molecule has 0 atom stereocenters. The van der Waals surface area contributed by atoms with E-state index in [0.29, 0.717) is 16.9 Å². The molecular formula is C19H18N2O3S. The average molecular weight is 354 g/mol. The number of benzene rings is 2. The maximum absolute atomic E-state index is 12.4. The Labute approximate surface area is 150 Å². The number of hydrogen-bond donors (Lipinski definition) is 0. The van der Waals surface area contributed by atoms with Gasteiger partial charge in [0.05, 0.1) is 18.4 Å². The minimum atomic E-state index is 0.0447. The molecule has 0 unspecified atom stereocenters. The van der Waals surface area contributed by atoms with Gasteiger partial charge in [-0.3, -0.25) is 4.79 Å². The molecule has 0 saturated carbocycles. The van der Waals surface area contributed by atoms with E-state index in [1.54, 1.807) is 7.11 Å². The summed E-state index contributed by atoms with van der Waals surface area (Å²) in [6, 6.07) is 13.3. The normalized spacial score (nSPS) is 10.7. The number of carbonyl (C=O) groups is 1. The number of ether oxygens (including phenoxy) is 1. The zero-order chi connectivity index (χ0) is 17.8. The van der Waals surface area contributed by atoms with Crippen molar-refractivity contribution in [3.8, 4) is 17.2 Å². The lowest BCUT2D eigenvalue weighted by atomic mass is 10.0. The van der Waals surface area contributed by atoms with Crippen LogP contribution in [0.3, 0.4) is 0 Å². The standard InChI is InChI=1S/C19H18N2O3S/c1-12-8-9-13(2)15(10-12)16(22)11-25-19-21-20-18(24-19)14-6-4-5-7-17(14)23-3/h4-10H,11H2,1-3H3. The zero-order valence-corrected chi connectivity index (χ0v) is 15.1. The largest absolute Gasteiger partial charge is 0.496 e. The molecule has 1 aromatic heterocycles. The predicted octanol–water partition coefficient (Wildman–Crippen LogP) is 4.34. The van der Waals surface area contributed by atoms with E-state index in [9.17, 15) is 4.79 Å². The van der Waals surface area contributed by atoms with Crippen LogP contribution in [0.2, 0.25) is 0 Å². The summed E-state index contributed by atoms with van der Waals surface area (Å²) >= 11 is 1.24. The number of aryl methyl sites for hydroxylation is 2. The lowest BCUT2D eigenvalue weighted by molar-refractivity contribution is 0.102.